The molecule has 0 saturated carbocycles. The summed E-state index contributed by atoms with van der Waals surface area (Å²) >= 11 is 1.06. The van der Waals surface area contributed by atoms with Gasteiger partial charge in [-0.05, 0) is 25.1 Å². The van der Waals surface area contributed by atoms with E-state index in [2.05, 4.69) is 16.8 Å². The van der Waals surface area contributed by atoms with Crippen LogP contribution in [0.2, 0.25) is 0 Å². The van der Waals surface area contributed by atoms with Gasteiger partial charge in [-0.25, -0.2) is 0 Å². The Hall–Kier alpha value is -1.57. The van der Waals surface area contributed by atoms with Crippen LogP contribution in [0, 0.1) is 0 Å². The zero-order chi connectivity index (χ0) is 19.9. The number of hydrogen-bond donors (Lipinski definition) is 0. The first-order valence-electron chi connectivity index (χ1n) is 9.34. The standard InChI is InChI=1S/C19H28N2O4.O.V/c1-2-3-4-5-9-21-10-12-24-18(22)14-16-7-6-8-17(20-16)15-19(23)25-13-11-21;;/h6-8H,2-5,9-15H2,1H3;;. The van der Waals surface area contributed by atoms with E-state index in [4.69, 9.17) is 13.1 Å². The van der Waals surface area contributed by atoms with E-state index in [1.165, 1.54) is 19.3 Å². The molecule has 27 heavy (non-hydrogen) atoms. The van der Waals surface area contributed by atoms with E-state index < -0.39 is 0 Å². The maximum atomic E-state index is 12.0. The zero-order valence-corrected chi connectivity index (χ0v) is 17.3. The summed E-state index contributed by atoms with van der Waals surface area (Å²) in [6.45, 7) is 5.12. The van der Waals surface area contributed by atoms with Crippen LogP contribution in [0.3, 0.4) is 0 Å². The molecule has 0 atom stereocenters. The second-order valence-corrected chi connectivity index (χ2v) is 6.32. The van der Waals surface area contributed by atoms with Gasteiger partial charge >= 0.3 is 33.0 Å². The number of carbonyl (C=O) groups excluding carboxylic acids is 2. The second-order valence-electron chi connectivity index (χ2n) is 6.32. The van der Waals surface area contributed by atoms with Gasteiger partial charge in [-0.15, -0.1) is 0 Å². The molecule has 2 bridgehead atoms. The van der Waals surface area contributed by atoms with Gasteiger partial charge in [0.25, 0.3) is 0 Å². The Balaban J connectivity index is 0.00000176. The fraction of sp³-hybridized carbons (Fsp3) is 0.632. The quantitative estimate of drug-likeness (QED) is 0.537. The number of ether oxygens (including phenoxy) is 2. The van der Waals surface area contributed by atoms with Crippen molar-refractivity contribution in [2.45, 2.75) is 45.4 Å². The molecule has 1 aliphatic heterocycles. The third-order valence-corrected chi connectivity index (χ3v) is 4.18. The molecule has 0 saturated heterocycles. The van der Waals surface area contributed by atoms with Crippen LogP contribution in [0.15, 0.2) is 18.2 Å². The molecular formula is C19H28N2O5V. The van der Waals surface area contributed by atoms with Crippen LogP contribution < -0.4 is 0 Å². The Bertz CT molecular complexity index is 546. The number of carbonyl (C=O) groups is 2. The van der Waals surface area contributed by atoms with Crippen LogP contribution in [0.1, 0.15) is 44.0 Å². The van der Waals surface area contributed by atoms with Gasteiger partial charge in [0.15, 0.2) is 0 Å². The minimum atomic E-state index is -0.282. The maximum absolute atomic E-state index is 12.0. The van der Waals surface area contributed by atoms with Crippen molar-refractivity contribution in [3.8, 4) is 0 Å². The van der Waals surface area contributed by atoms with Crippen LogP contribution in [-0.2, 0) is 52.9 Å². The first-order valence-corrected chi connectivity index (χ1v) is 9.91. The first kappa shape index (κ1) is 23.5. The van der Waals surface area contributed by atoms with Gasteiger partial charge in [-0.1, -0.05) is 32.3 Å². The Kier molecular flexibility index (Phi) is 12.6. The van der Waals surface area contributed by atoms with Crippen molar-refractivity contribution < 1.29 is 40.1 Å². The van der Waals surface area contributed by atoms with Crippen molar-refractivity contribution in [2.24, 2.45) is 0 Å². The summed E-state index contributed by atoms with van der Waals surface area (Å²) < 4.78 is 18.9. The van der Waals surface area contributed by atoms with Crippen LogP contribution in [0.5, 0.6) is 0 Å². The van der Waals surface area contributed by atoms with Gasteiger partial charge in [-0.3, -0.25) is 19.5 Å². The van der Waals surface area contributed by atoms with E-state index in [0.717, 1.165) is 30.3 Å². The average Bonchev–Trinajstić information content (AvgIpc) is 2.66. The molecule has 0 radical (unpaired) electrons. The molecule has 0 aromatic carbocycles. The van der Waals surface area contributed by atoms with Gasteiger partial charge in [0.1, 0.15) is 13.2 Å². The number of unbranched alkanes of at least 4 members (excludes halogenated alkanes) is 3. The van der Waals surface area contributed by atoms with Crippen LogP contribution in [0.25, 0.3) is 0 Å². The Labute approximate surface area is 170 Å². The Morgan fingerprint density at radius 1 is 0.963 bits per heavy atom. The number of hydrogen-bond acceptors (Lipinski definition) is 7. The van der Waals surface area contributed by atoms with Crippen molar-refractivity contribution in [3.05, 3.63) is 29.6 Å². The van der Waals surface area contributed by atoms with Crippen molar-refractivity contribution in [1.29, 1.82) is 0 Å². The normalized spacial score (nSPS) is 16.3. The molecule has 0 unspecified atom stereocenters. The summed E-state index contributed by atoms with van der Waals surface area (Å²) in [6, 6.07) is 5.33. The molecule has 0 N–H and O–H groups in total. The summed E-state index contributed by atoms with van der Waals surface area (Å²) in [5.41, 5.74) is 1.23. The number of esters is 2. The molecule has 0 amide bonds. The number of cyclic esters (lactones) is 2. The van der Waals surface area contributed by atoms with Gasteiger partial charge in [0, 0.05) is 13.1 Å². The predicted octanol–water partition coefficient (Wildman–Crippen LogP) is 2.03. The molecule has 1 aromatic rings. The minimum absolute atomic E-state index is 0.124. The summed E-state index contributed by atoms with van der Waals surface area (Å²) in [5.74, 6) is -0.564. The van der Waals surface area contributed by atoms with Crippen LogP contribution in [0.4, 0.5) is 0 Å². The van der Waals surface area contributed by atoms with Crippen LogP contribution >= 0.6 is 0 Å². The number of aromatic nitrogens is 1. The van der Waals surface area contributed by atoms with Gasteiger partial charge in [0.05, 0.1) is 24.2 Å². The summed E-state index contributed by atoms with van der Waals surface area (Å²) in [7, 11) is 0. The van der Waals surface area contributed by atoms with Gasteiger partial charge < -0.3 is 9.47 Å². The van der Waals surface area contributed by atoms with E-state index in [1.54, 1.807) is 18.2 Å². The fourth-order valence-corrected chi connectivity index (χ4v) is 2.80. The van der Waals surface area contributed by atoms with E-state index in [9.17, 15) is 9.59 Å². The van der Waals surface area contributed by atoms with Gasteiger partial charge in [0.2, 0.25) is 0 Å². The third kappa shape index (κ3) is 10.4. The number of rotatable bonds is 5. The van der Waals surface area contributed by atoms with Crippen molar-refractivity contribution >= 4 is 11.9 Å². The summed E-state index contributed by atoms with van der Waals surface area (Å²) in [4.78, 5) is 30.4. The molecule has 0 fully saturated rings. The molecule has 8 heteroatoms. The Morgan fingerprint density at radius 2 is 1.52 bits per heavy atom. The van der Waals surface area contributed by atoms with Crippen molar-refractivity contribution in [3.63, 3.8) is 0 Å². The molecule has 7 nitrogen and oxygen atoms in total. The van der Waals surface area contributed by atoms with E-state index in [-0.39, 0.29) is 24.8 Å². The van der Waals surface area contributed by atoms with Crippen molar-refractivity contribution in [1.82, 2.24) is 9.88 Å². The second kappa shape index (κ2) is 14.5. The molecule has 1 aliphatic rings. The first-order chi connectivity index (χ1) is 13.2. The van der Waals surface area contributed by atoms with E-state index in [0.29, 0.717) is 37.7 Å². The Morgan fingerprint density at radius 3 is 2.04 bits per heavy atom. The van der Waals surface area contributed by atoms with E-state index in [1.807, 2.05) is 0 Å². The number of fused-ring (bicyclic) bond motifs is 2. The fourth-order valence-electron chi connectivity index (χ4n) is 2.80. The third-order valence-electron chi connectivity index (χ3n) is 4.18. The monoisotopic (exact) mass is 415 g/mol. The summed E-state index contributed by atoms with van der Waals surface area (Å²) in [6.07, 6.45) is 4.96. The van der Waals surface area contributed by atoms with Crippen LogP contribution in [-0.4, -0.2) is 54.7 Å². The number of pyridine rings is 1. The van der Waals surface area contributed by atoms with E-state index >= 15 is 0 Å². The topological polar surface area (TPSA) is 85.8 Å². The average molecular weight is 415 g/mol. The molecule has 0 spiro atoms. The molecule has 1 aromatic heterocycles. The zero-order valence-electron chi connectivity index (χ0n) is 15.9. The molecule has 2 heterocycles. The molecular weight excluding hydrogens is 387 g/mol. The van der Waals surface area contributed by atoms with Gasteiger partial charge in [-0.2, -0.15) is 0 Å². The SMILES string of the molecule is CCCCCCN1CCOC(=O)Cc2cccc(n2)CC(=O)OCC1.[O]=[V]. The molecule has 149 valence electrons. The summed E-state index contributed by atoms with van der Waals surface area (Å²) in [5, 5.41) is 0. The van der Waals surface area contributed by atoms with Crippen molar-refractivity contribution in [2.75, 3.05) is 32.8 Å². The molecule has 2 rings (SSSR count). The molecule has 0 aliphatic carbocycles. The predicted molar refractivity (Wildman–Crippen MR) is 94.8 cm³/mol. The number of nitrogens with zero attached hydrogens (tertiary/aromatic N) is 2.